The molecule has 0 saturated heterocycles. The van der Waals surface area contributed by atoms with Gasteiger partial charge in [0, 0.05) is 29.0 Å². The summed E-state index contributed by atoms with van der Waals surface area (Å²) in [6.07, 6.45) is -2.91. The van der Waals surface area contributed by atoms with Crippen molar-refractivity contribution in [1.82, 2.24) is 9.97 Å². The molecule has 1 unspecified atom stereocenters. The smallest absolute Gasteiger partial charge is 0.416 e. The zero-order valence-corrected chi connectivity index (χ0v) is 16.4. The second kappa shape index (κ2) is 8.54. The van der Waals surface area contributed by atoms with Crippen molar-refractivity contribution in [3.8, 4) is 0 Å². The molecule has 0 aliphatic rings. The molecule has 2 aromatic heterocycles. The van der Waals surface area contributed by atoms with E-state index in [1.807, 2.05) is 0 Å². The van der Waals surface area contributed by atoms with Gasteiger partial charge in [0.25, 0.3) is 5.91 Å². The first-order valence-electron chi connectivity index (χ1n) is 9.49. The molecular weight excluding hydrogens is 423 g/mol. The van der Waals surface area contributed by atoms with Gasteiger partial charge in [-0.1, -0.05) is 36.4 Å². The number of carbonyl (C=O) groups is 2. The fraction of sp³-hybridized carbons (Fsp3) is 0.0870. The summed E-state index contributed by atoms with van der Waals surface area (Å²) in [6.45, 7) is 0. The van der Waals surface area contributed by atoms with Crippen LogP contribution in [0.4, 0.5) is 18.9 Å². The van der Waals surface area contributed by atoms with Gasteiger partial charge in [-0.25, -0.2) is 9.78 Å². The Hall–Kier alpha value is -4.14. The van der Waals surface area contributed by atoms with Crippen molar-refractivity contribution in [1.29, 1.82) is 0 Å². The number of aromatic nitrogens is 2. The number of alkyl halides is 3. The van der Waals surface area contributed by atoms with E-state index in [1.165, 1.54) is 24.4 Å². The van der Waals surface area contributed by atoms with Gasteiger partial charge in [-0.05, 0) is 30.3 Å². The molecule has 2 aromatic carbocycles. The molecule has 32 heavy (non-hydrogen) atoms. The lowest BCUT2D eigenvalue weighted by Gasteiger charge is -2.19. The lowest BCUT2D eigenvalue weighted by Crippen LogP contribution is -2.26. The minimum absolute atomic E-state index is 0.0706. The molecule has 4 aromatic rings. The highest BCUT2D eigenvalue weighted by molar-refractivity contribution is 6.04. The zero-order chi connectivity index (χ0) is 22.7. The van der Waals surface area contributed by atoms with Gasteiger partial charge in [-0.15, -0.1) is 0 Å². The van der Waals surface area contributed by atoms with Gasteiger partial charge < -0.3 is 15.0 Å². The molecule has 162 valence electrons. The first-order valence-corrected chi connectivity index (χ1v) is 9.49. The third-order valence-corrected chi connectivity index (χ3v) is 4.70. The van der Waals surface area contributed by atoms with Gasteiger partial charge in [0.2, 0.25) is 6.10 Å². The number of fused-ring (bicyclic) bond motifs is 1. The number of pyridine rings is 1. The van der Waals surface area contributed by atoms with Gasteiger partial charge in [0.1, 0.15) is 5.65 Å². The van der Waals surface area contributed by atoms with Crippen LogP contribution in [-0.2, 0) is 15.7 Å². The summed E-state index contributed by atoms with van der Waals surface area (Å²) in [7, 11) is 0. The van der Waals surface area contributed by atoms with Gasteiger partial charge in [-0.3, -0.25) is 4.79 Å². The monoisotopic (exact) mass is 439 g/mol. The van der Waals surface area contributed by atoms with Crippen LogP contribution in [0.5, 0.6) is 0 Å². The number of hydrogen-bond donors (Lipinski definition) is 2. The van der Waals surface area contributed by atoms with Crippen LogP contribution in [0, 0.1) is 0 Å². The molecule has 6 nitrogen and oxygen atoms in total. The van der Waals surface area contributed by atoms with E-state index in [1.54, 1.807) is 42.6 Å². The quantitative estimate of drug-likeness (QED) is 0.423. The lowest BCUT2D eigenvalue weighted by atomic mass is 10.1. The first-order chi connectivity index (χ1) is 15.3. The van der Waals surface area contributed by atoms with Crippen molar-refractivity contribution in [3.05, 3.63) is 95.8 Å². The van der Waals surface area contributed by atoms with Crippen molar-refractivity contribution in [3.63, 3.8) is 0 Å². The van der Waals surface area contributed by atoms with Crippen molar-refractivity contribution in [2.24, 2.45) is 0 Å². The van der Waals surface area contributed by atoms with E-state index in [9.17, 15) is 22.8 Å². The lowest BCUT2D eigenvalue weighted by molar-refractivity contribution is -0.137. The maximum Gasteiger partial charge on any atom is 0.416 e. The highest BCUT2D eigenvalue weighted by atomic mass is 19.4. The number of carbonyl (C=O) groups excluding carboxylic acids is 2. The number of halogens is 3. The molecule has 0 radical (unpaired) electrons. The third kappa shape index (κ3) is 4.46. The van der Waals surface area contributed by atoms with Crippen molar-refractivity contribution in [2.75, 3.05) is 5.32 Å². The Morgan fingerprint density at radius 3 is 2.53 bits per heavy atom. The Bertz CT molecular complexity index is 1270. The van der Waals surface area contributed by atoms with Gasteiger partial charge in [0.05, 0.1) is 11.1 Å². The molecule has 0 aliphatic carbocycles. The van der Waals surface area contributed by atoms with E-state index in [2.05, 4.69) is 15.3 Å². The molecule has 0 saturated carbocycles. The SMILES string of the molecule is O=C(OC(C(=O)Nc1cccc(C(F)(F)F)c1)c1ccccc1)c1ccnc2[nH]ccc12. The van der Waals surface area contributed by atoms with Crippen LogP contribution in [0.25, 0.3) is 11.0 Å². The van der Waals surface area contributed by atoms with Crippen LogP contribution >= 0.6 is 0 Å². The van der Waals surface area contributed by atoms with Crippen LogP contribution in [0.1, 0.15) is 27.6 Å². The Morgan fingerprint density at radius 1 is 1.00 bits per heavy atom. The van der Waals surface area contributed by atoms with Crippen molar-refractivity contribution in [2.45, 2.75) is 12.3 Å². The van der Waals surface area contributed by atoms with Crippen molar-refractivity contribution < 1.29 is 27.5 Å². The third-order valence-electron chi connectivity index (χ3n) is 4.70. The molecule has 0 aliphatic heterocycles. The highest BCUT2D eigenvalue weighted by Gasteiger charge is 2.31. The normalized spacial score (nSPS) is 12.3. The number of nitrogens with one attached hydrogen (secondary N) is 2. The summed E-state index contributed by atoms with van der Waals surface area (Å²) in [5.74, 6) is -1.56. The number of H-pyrrole nitrogens is 1. The van der Waals surface area contributed by atoms with Crippen LogP contribution in [0.15, 0.2) is 79.1 Å². The fourth-order valence-corrected chi connectivity index (χ4v) is 3.19. The average Bonchev–Trinajstić information content (AvgIpc) is 3.26. The van der Waals surface area contributed by atoms with Crippen LogP contribution < -0.4 is 5.32 Å². The molecule has 0 fully saturated rings. The number of ether oxygens (including phenoxy) is 1. The summed E-state index contributed by atoms with van der Waals surface area (Å²) in [5, 5.41) is 2.92. The fourth-order valence-electron chi connectivity index (χ4n) is 3.19. The van der Waals surface area contributed by atoms with Crippen molar-refractivity contribution >= 4 is 28.6 Å². The second-order valence-corrected chi connectivity index (χ2v) is 6.86. The predicted molar refractivity (Wildman–Crippen MR) is 111 cm³/mol. The standard InChI is InChI=1S/C23H16F3N3O3/c24-23(25,26)15-7-4-8-16(13-15)29-21(30)19(14-5-2-1-3-6-14)32-22(31)18-10-12-28-20-17(18)9-11-27-20/h1-13,19H,(H,27,28)(H,29,30). The van der Waals surface area contributed by atoms with E-state index < -0.39 is 29.7 Å². The molecule has 4 rings (SSSR count). The molecule has 1 atom stereocenters. The Labute approximate surface area is 180 Å². The number of hydrogen-bond acceptors (Lipinski definition) is 4. The van der Waals surface area contributed by atoms with Gasteiger partial charge in [-0.2, -0.15) is 13.2 Å². The number of benzene rings is 2. The van der Waals surface area contributed by atoms with Crippen LogP contribution in [-0.4, -0.2) is 21.8 Å². The summed E-state index contributed by atoms with van der Waals surface area (Å²) >= 11 is 0. The van der Waals surface area contributed by atoms with E-state index in [0.29, 0.717) is 16.6 Å². The highest BCUT2D eigenvalue weighted by Crippen LogP contribution is 2.31. The van der Waals surface area contributed by atoms with E-state index in [0.717, 1.165) is 12.1 Å². The predicted octanol–water partition coefficient (Wildman–Crippen LogP) is 5.12. The van der Waals surface area contributed by atoms with Crippen LogP contribution in [0.2, 0.25) is 0 Å². The number of aromatic amines is 1. The summed E-state index contributed by atoms with van der Waals surface area (Å²) < 4.78 is 44.5. The number of esters is 1. The Kier molecular flexibility index (Phi) is 5.63. The minimum Gasteiger partial charge on any atom is -0.444 e. The largest absolute Gasteiger partial charge is 0.444 e. The number of nitrogens with zero attached hydrogens (tertiary/aromatic N) is 1. The minimum atomic E-state index is -4.56. The molecule has 2 N–H and O–H groups in total. The van der Waals surface area contributed by atoms with Gasteiger partial charge in [0.15, 0.2) is 0 Å². The second-order valence-electron chi connectivity index (χ2n) is 6.86. The summed E-state index contributed by atoms with van der Waals surface area (Å²) in [4.78, 5) is 32.8. The van der Waals surface area contributed by atoms with E-state index in [-0.39, 0.29) is 11.3 Å². The number of rotatable bonds is 5. The molecule has 2 heterocycles. The topological polar surface area (TPSA) is 84.1 Å². The van der Waals surface area contributed by atoms with E-state index in [4.69, 9.17) is 4.74 Å². The van der Waals surface area contributed by atoms with Gasteiger partial charge >= 0.3 is 12.1 Å². The number of anilines is 1. The molecule has 0 bridgehead atoms. The zero-order valence-electron chi connectivity index (χ0n) is 16.4. The molecule has 1 amide bonds. The summed E-state index contributed by atoms with van der Waals surface area (Å²) in [5.41, 5.74) is 0.0619. The maximum absolute atomic E-state index is 13.0. The Morgan fingerprint density at radius 2 is 1.78 bits per heavy atom. The molecule has 9 heteroatoms. The Balaban J connectivity index is 1.62. The average molecular weight is 439 g/mol. The maximum atomic E-state index is 13.0. The first kappa shape index (κ1) is 21.1. The number of amides is 1. The molecule has 0 spiro atoms. The summed E-state index contributed by atoms with van der Waals surface area (Å²) in [6, 6.07) is 15.5. The molecular formula is C23H16F3N3O3. The van der Waals surface area contributed by atoms with Crippen LogP contribution in [0.3, 0.4) is 0 Å². The van der Waals surface area contributed by atoms with E-state index >= 15 is 0 Å².